The summed E-state index contributed by atoms with van der Waals surface area (Å²) in [6, 6.07) is 0. The lowest BCUT2D eigenvalue weighted by Gasteiger charge is -2.29. The normalized spacial score (nSPS) is 13.9. The first-order valence-electron chi connectivity index (χ1n) is 5.31. The highest BCUT2D eigenvalue weighted by Crippen LogP contribution is 2.27. The minimum Gasteiger partial charge on any atom is -0.228 e. The molecule has 0 unspecified atom stereocenters. The van der Waals surface area contributed by atoms with Crippen molar-refractivity contribution in [3.63, 3.8) is 0 Å². The molecule has 0 spiro atoms. The fourth-order valence-corrected chi connectivity index (χ4v) is 5.43. The highest BCUT2D eigenvalue weighted by atomic mass is 79.9. The second-order valence-corrected chi connectivity index (χ2v) is 9.19. The van der Waals surface area contributed by atoms with Gasteiger partial charge in [0.05, 0.1) is 0 Å². The third kappa shape index (κ3) is 6.73. The Kier molecular flexibility index (Phi) is 6.62. The maximum atomic E-state index is 11.5. The molecule has 0 heterocycles. The van der Waals surface area contributed by atoms with Crippen LogP contribution in [0.1, 0.15) is 26.7 Å². The third-order valence-corrected chi connectivity index (χ3v) is 7.55. The predicted octanol–water partition coefficient (Wildman–Crippen LogP) is 1.11. The molecule has 0 bridgehead atoms. The van der Waals surface area contributed by atoms with E-state index in [2.05, 4.69) is 20.7 Å². The first kappa shape index (κ1) is 17.3. The molecule has 0 aliphatic heterocycles. The average molecular weight is 350 g/mol. The smallest absolute Gasteiger partial charge is 0.226 e. The molecule has 0 aliphatic rings. The number of alkyl halides is 1. The Balaban J connectivity index is 4.66. The van der Waals surface area contributed by atoms with Crippen molar-refractivity contribution >= 4 is 35.8 Å². The van der Waals surface area contributed by atoms with Crippen LogP contribution in [0.15, 0.2) is 0 Å². The summed E-state index contributed by atoms with van der Waals surface area (Å²) >= 11 is 3.37. The summed E-state index contributed by atoms with van der Waals surface area (Å²) in [7, 11) is -7.29. The maximum Gasteiger partial charge on any atom is 0.226 e. The minimum atomic E-state index is -3.76. The van der Waals surface area contributed by atoms with Crippen molar-refractivity contribution in [1.29, 1.82) is 0 Å². The molecule has 1 N–H and O–H groups in total. The standard InChI is InChI=1S/C9H20BrNO4S2/c1-4-9(5-2,6-10)7-11-17(14,15)8-16(3,12)13/h11H,4-8H2,1-3H3. The van der Waals surface area contributed by atoms with Gasteiger partial charge >= 0.3 is 0 Å². The number of hydrogen-bond acceptors (Lipinski definition) is 4. The molecule has 0 aromatic heterocycles. The lowest BCUT2D eigenvalue weighted by Crippen LogP contribution is -2.40. The highest BCUT2D eigenvalue weighted by Gasteiger charge is 2.28. The Morgan fingerprint density at radius 2 is 1.59 bits per heavy atom. The lowest BCUT2D eigenvalue weighted by molar-refractivity contribution is 0.310. The monoisotopic (exact) mass is 349 g/mol. The molecule has 8 heteroatoms. The molecule has 5 nitrogen and oxygen atoms in total. The molecule has 0 saturated carbocycles. The van der Waals surface area contributed by atoms with Crippen molar-refractivity contribution in [2.75, 3.05) is 23.2 Å². The summed E-state index contributed by atoms with van der Waals surface area (Å²) in [6.45, 7) is 4.22. The molecule has 0 amide bonds. The molecular weight excluding hydrogens is 330 g/mol. The largest absolute Gasteiger partial charge is 0.228 e. The van der Waals surface area contributed by atoms with Crippen LogP contribution in [0.5, 0.6) is 0 Å². The number of sulfonamides is 1. The minimum absolute atomic E-state index is 0.162. The van der Waals surface area contributed by atoms with Gasteiger partial charge in [-0.15, -0.1) is 0 Å². The van der Waals surface area contributed by atoms with Gasteiger partial charge in [0.15, 0.2) is 14.9 Å². The quantitative estimate of drug-likeness (QED) is 0.665. The van der Waals surface area contributed by atoms with Crippen molar-refractivity contribution in [3.05, 3.63) is 0 Å². The Morgan fingerprint density at radius 1 is 1.12 bits per heavy atom. The van der Waals surface area contributed by atoms with Gasteiger partial charge < -0.3 is 0 Å². The van der Waals surface area contributed by atoms with Crippen LogP contribution in [-0.2, 0) is 19.9 Å². The molecule has 0 aromatic carbocycles. The van der Waals surface area contributed by atoms with Crippen LogP contribution in [0, 0.1) is 5.41 Å². The zero-order valence-electron chi connectivity index (χ0n) is 10.4. The van der Waals surface area contributed by atoms with Crippen LogP contribution < -0.4 is 4.72 Å². The second kappa shape index (κ2) is 6.49. The molecule has 0 fully saturated rings. The molecule has 0 saturated heterocycles. The summed E-state index contributed by atoms with van der Waals surface area (Å²) in [6.07, 6.45) is 2.54. The van der Waals surface area contributed by atoms with E-state index in [1.807, 2.05) is 13.8 Å². The Labute approximate surface area is 112 Å². The van der Waals surface area contributed by atoms with Crippen LogP contribution in [0.4, 0.5) is 0 Å². The first-order valence-corrected chi connectivity index (χ1v) is 10.1. The number of halogens is 1. The van der Waals surface area contributed by atoms with Crippen LogP contribution in [-0.4, -0.2) is 40.1 Å². The van der Waals surface area contributed by atoms with E-state index in [1.165, 1.54) is 0 Å². The summed E-state index contributed by atoms with van der Waals surface area (Å²) < 4.78 is 47.3. The van der Waals surface area contributed by atoms with E-state index >= 15 is 0 Å². The summed E-state index contributed by atoms with van der Waals surface area (Å²) in [5, 5.41) is -0.180. The van der Waals surface area contributed by atoms with E-state index in [-0.39, 0.29) is 12.0 Å². The van der Waals surface area contributed by atoms with Crippen molar-refractivity contribution in [2.24, 2.45) is 5.41 Å². The van der Waals surface area contributed by atoms with Crippen LogP contribution in [0.2, 0.25) is 0 Å². The summed E-state index contributed by atoms with van der Waals surface area (Å²) in [5.74, 6) is 0. The van der Waals surface area contributed by atoms with Gasteiger partial charge in [0.1, 0.15) is 0 Å². The Bertz CT molecular complexity index is 418. The fourth-order valence-electron chi connectivity index (χ4n) is 1.32. The van der Waals surface area contributed by atoms with Crippen molar-refractivity contribution in [2.45, 2.75) is 26.7 Å². The van der Waals surface area contributed by atoms with E-state index in [9.17, 15) is 16.8 Å². The van der Waals surface area contributed by atoms with Gasteiger partial charge in [0, 0.05) is 18.1 Å². The second-order valence-electron chi connectivity index (χ2n) is 4.32. The molecule has 0 rings (SSSR count). The van der Waals surface area contributed by atoms with Crippen LogP contribution >= 0.6 is 15.9 Å². The van der Waals surface area contributed by atoms with Crippen molar-refractivity contribution in [3.8, 4) is 0 Å². The van der Waals surface area contributed by atoms with E-state index in [4.69, 9.17) is 0 Å². The third-order valence-electron chi connectivity index (χ3n) is 2.82. The van der Waals surface area contributed by atoms with Gasteiger partial charge in [0.25, 0.3) is 0 Å². The zero-order valence-corrected chi connectivity index (χ0v) is 13.6. The molecule has 17 heavy (non-hydrogen) atoms. The fraction of sp³-hybridized carbons (Fsp3) is 1.00. The average Bonchev–Trinajstić information content (AvgIpc) is 2.17. The predicted molar refractivity (Wildman–Crippen MR) is 73.4 cm³/mol. The zero-order chi connectivity index (χ0) is 13.7. The molecular formula is C9H20BrNO4S2. The van der Waals surface area contributed by atoms with E-state index in [0.29, 0.717) is 5.33 Å². The van der Waals surface area contributed by atoms with Gasteiger partial charge in [-0.05, 0) is 18.3 Å². The van der Waals surface area contributed by atoms with Gasteiger partial charge in [-0.25, -0.2) is 21.6 Å². The topological polar surface area (TPSA) is 80.3 Å². The van der Waals surface area contributed by atoms with E-state index in [0.717, 1.165) is 19.1 Å². The molecule has 0 radical (unpaired) electrons. The first-order chi connectivity index (χ1) is 7.60. The van der Waals surface area contributed by atoms with Gasteiger partial charge in [0.2, 0.25) is 10.0 Å². The number of nitrogens with one attached hydrogen (secondary N) is 1. The number of rotatable bonds is 8. The summed E-state index contributed by atoms with van der Waals surface area (Å²) in [5.41, 5.74) is -0.162. The SMILES string of the molecule is CCC(CC)(CBr)CNS(=O)(=O)CS(C)(=O)=O. The highest BCUT2D eigenvalue weighted by molar-refractivity contribution is 9.09. The molecule has 0 aromatic rings. The Hall–Kier alpha value is 0.340. The maximum absolute atomic E-state index is 11.5. The molecule has 0 aliphatic carbocycles. The van der Waals surface area contributed by atoms with Gasteiger partial charge in [-0.1, -0.05) is 29.8 Å². The van der Waals surface area contributed by atoms with Crippen molar-refractivity contribution in [1.82, 2.24) is 4.72 Å². The van der Waals surface area contributed by atoms with E-state index in [1.54, 1.807) is 0 Å². The number of hydrogen-bond donors (Lipinski definition) is 1. The van der Waals surface area contributed by atoms with Crippen LogP contribution in [0.3, 0.4) is 0 Å². The van der Waals surface area contributed by atoms with Gasteiger partial charge in [-0.3, -0.25) is 0 Å². The van der Waals surface area contributed by atoms with Crippen molar-refractivity contribution < 1.29 is 16.8 Å². The Morgan fingerprint density at radius 3 is 1.88 bits per heavy atom. The molecule has 104 valence electrons. The van der Waals surface area contributed by atoms with Gasteiger partial charge in [-0.2, -0.15) is 0 Å². The summed E-state index contributed by atoms with van der Waals surface area (Å²) in [4.78, 5) is 0. The molecule has 0 atom stereocenters. The number of sulfone groups is 1. The van der Waals surface area contributed by atoms with E-state index < -0.39 is 24.9 Å². The lowest BCUT2D eigenvalue weighted by atomic mass is 9.85. The van der Waals surface area contributed by atoms with Crippen LogP contribution in [0.25, 0.3) is 0 Å².